The van der Waals surface area contributed by atoms with Crippen LogP contribution < -0.4 is 9.47 Å². The van der Waals surface area contributed by atoms with Gasteiger partial charge in [-0.1, -0.05) is 38.3 Å². The molecule has 0 amide bonds. The van der Waals surface area contributed by atoms with Gasteiger partial charge in [0.1, 0.15) is 5.75 Å². The second-order valence-electron chi connectivity index (χ2n) is 6.25. The molecule has 0 unspecified atom stereocenters. The van der Waals surface area contributed by atoms with Gasteiger partial charge in [-0.05, 0) is 41.8 Å². The molecule has 0 spiro atoms. The molecular weight excluding hydrogens is 375 g/mol. The number of hydrogen-bond donors (Lipinski definition) is 0. The van der Waals surface area contributed by atoms with Crippen molar-refractivity contribution < 1.29 is 27.6 Å². The zero-order valence-electron chi connectivity index (χ0n) is 15.5. The average Bonchev–Trinajstić information content (AvgIpc) is 2.68. The van der Waals surface area contributed by atoms with E-state index in [9.17, 15) is 23.3 Å². The Morgan fingerprint density at radius 3 is 2.32 bits per heavy atom. The molecule has 28 heavy (non-hydrogen) atoms. The van der Waals surface area contributed by atoms with Crippen molar-refractivity contribution in [2.75, 3.05) is 13.3 Å². The Morgan fingerprint density at radius 2 is 1.71 bits per heavy atom. The molecule has 0 saturated carbocycles. The van der Waals surface area contributed by atoms with E-state index in [1.165, 1.54) is 30.3 Å². The van der Waals surface area contributed by atoms with Gasteiger partial charge in [-0.3, -0.25) is 10.1 Å². The number of nitrogens with zero attached hydrogens (tertiary/aromatic N) is 1. The lowest BCUT2D eigenvalue weighted by atomic mass is 10.0. The molecule has 0 aliphatic carbocycles. The van der Waals surface area contributed by atoms with Crippen molar-refractivity contribution in [3.63, 3.8) is 0 Å². The number of ether oxygens (including phenoxy) is 2. The first-order valence-corrected chi connectivity index (χ1v) is 9.01. The van der Waals surface area contributed by atoms with Gasteiger partial charge in [0.2, 0.25) is 0 Å². The number of rotatable bonds is 11. The minimum absolute atomic E-state index is 0.137. The molecule has 8 heteroatoms. The molecular formula is C20H22F3NO4. The Labute approximate surface area is 161 Å². The molecule has 0 N–H and O–H groups in total. The van der Waals surface area contributed by atoms with E-state index in [1.807, 2.05) is 0 Å². The molecule has 0 radical (unpaired) electrons. The van der Waals surface area contributed by atoms with E-state index in [2.05, 4.69) is 11.7 Å². The number of hydrogen-bond acceptors (Lipinski definition) is 4. The van der Waals surface area contributed by atoms with E-state index in [4.69, 9.17) is 4.74 Å². The molecule has 0 bridgehead atoms. The molecule has 0 atom stereocenters. The summed E-state index contributed by atoms with van der Waals surface area (Å²) in [6.45, 7) is 0.537. The van der Waals surface area contributed by atoms with Crippen LogP contribution in [0.1, 0.15) is 32.6 Å². The van der Waals surface area contributed by atoms with Gasteiger partial charge in [-0.25, -0.2) is 4.39 Å². The fourth-order valence-corrected chi connectivity index (χ4v) is 2.59. The smallest absolute Gasteiger partial charge is 0.427 e. The van der Waals surface area contributed by atoms with Gasteiger partial charge in [0, 0.05) is 6.07 Å². The molecule has 152 valence electrons. The minimum atomic E-state index is -3.88. The number of benzene rings is 2. The summed E-state index contributed by atoms with van der Waals surface area (Å²) in [4.78, 5) is 10.7. The SMILES string of the molecule is CCCCCCOc1cc(-c2ccc(OC(F)(F)CF)cc2)ccc1[N+](=O)[O-]. The number of halogens is 3. The Balaban J connectivity index is 2.16. The van der Waals surface area contributed by atoms with Crippen LogP contribution in [0.4, 0.5) is 18.9 Å². The third kappa shape index (κ3) is 6.14. The standard InChI is InChI=1S/C20H22F3NO4/c1-2-3-4-5-12-27-19-13-16(8-11-18(19)24(25)26)15-6-9-17(10-7-15)28-20(22,23)14-21/h6-11,13H,2-5,12,14H2,1H3. The molecule has 0 fully saturated rings. The van der Waals surface area contributed by atoms with Crippen molar-refractivity contribution in [3.05, 3.63) is 52.6 Å². The Hall–Kier alpha value is -2.77. The van der Waals surface area contributed by atoms with Crippen LogP contribution in [0.25, 0.3) is 11.1 Å². The van der Waals surface area contributed by atoms with Gasteiger partial charge < -0.3 is 9.47 Å². The zero-order valence-corrected chi connectivity index (χ0v) is 15.5. The van der Waals surface area contributed by atoms with Crippen LogP contribution >= 0.6 is 0 Å². The maximum Gasteiger partial charge on any atom is 0.427 e. The van der Waals surface area contributed by atoms with E-state index >= 15 is 0 Å². The fraction of sp³-hybridized carbons (Fsp3) is 0.400. The lowest BCUT2D eigenvalue weighted by Crippen LogP contribution is -2.26. The van der Waals surface area contributed by atoms with Crippen LogP contribution in [-0.2, 0) is 0 Å². The van der Waals surface area contributed by atoms with Gasteiger partial charge in [0.25, 0.3) is 0 Å². The van der Waals surface area contributed by atoms with Crippen LogP contribution in [0, 0.1) is 10.1 Å². The predicted molar refractivity (Wildman–Crippen MR) is 99.7 cm³/mol. The molecule has 0 aliphatic heterocycles. The number of nitro groups is 1. The summed E-state index contributed by atoms with van der Waals surface area (Å²) in [6.07, 6.45) is 0.0423. The van der Waals surface area contributed by atoms with E-state index in [-0.39, 0.29) is 17.2 Å². The van der Waals surface area contributed by atoms with Crippen molar-refractivity contribution in [2.24, 2.45) is 0 Å². The lowest BCUT2D eigenvalue weighted by Gasteiger charge is -2.14. The second-order valence-corrected chi connectivity index (χ2v) is 6.25. The van der Waals surface area contributed by atoms with E-state index in [0.29, 0.717) is 17.7 Å². The van der Waals surface area contributed by atoms with Crippen LogP contribution in [0.5, 0.6) is 11.5 Å². The Bertz CT molecular complexity index is 782. The second kappa shape index (κ2) is 9.96. The molecule has 5 nitrogen and oxygen atoms in total. The third-order valence-corrected chi connectivity index (χ3v) is 4.02. The molecule has 0 saturated heterocycles. The maximum absolute atomic E-state index is 13.0. The number of unbranched alkanes of at least 4 members (excludes halogenated alkanes) is 3. The van der Waals surface area contributed by atoms with Crippen molar-refractivity contribution in [1.82, 2.24) is 0 Å². The summed E-state index contributed by atoms with van der Waals surface area (Å²) >= 11 is 0. The topological polar surface area (TPSA) is 61.6 Å². The molecule has 2 aromatic rings. The number of alkyl halides is 3. The highest BCUT2D eigenvalue weighted by atomic mass is 19.3. The average molecular weight is 397 g/mol. The predicted octanol–water partition coefficient (Wildman–Crippen LogP) is 6.16. The lowest BCUT2D eigenvalue weighted by molar-refractivity contribution is -0.385. The Kier molecular flexibility index (Phi) is 7.66. The first kappa shape index (κ1) is 21.5. The summed E-state index contributed by atoms with van der Waals surface area (Å²) in [5.74, 6) is -0.0241. The molecule has 2 rings (SSSR count). The van der Waals surface area contributed by atoms with E-state index < -0.39 is 17.7 Å². The summed E-state index contributed by atoms with van der Waals surface area (Å²) in [5, 5.41) is 11.2. The summed E-state index contributed by atoms with van der Waals surface area (Å²) in [5.41, 5.74) is 1.11. The van der Waals surface area contributed by atoms with Gasteiger partial charge in [0.05, 0.1) is 11.5 Å². The third-order valence-electron chi connectivity index (χ3n) is 4.02. The van der Waals surface area contributed by atoms with Crippen LogP contribution in [0.3, 0.4) is 0 Å². The fourth-order valence-electron chi connectivity index (χ4n) is 2.59. The highest BCUT2D eigenvalue weighted by Crippen LogP contribution is 2.33. The maximum atomic E-state index is 13.0. The molecule has 0 aromatic heterocycles. The zero-order chi connectivity index (χ0) is 20.6. The van der Waals surface area contributed by atoms with Crippen molar-refractivity contribution in [1.29, 1.82) is 0 Å². The number of nitro benzene ring substituents is 1. The molecule has 2 aromatic carbocycles. The van der Waals surface area contributed by atoms with Gasteiger partial charge in [0.15, 0.2) is 12.4 Å². The Morgan fingerprint density at radius 1 is 1.04 bits per heavy atom. The van der Waals surface area contributed by atoms with Gasteiger partial charge in [-0.2, -0.15) is 8.78 Å². The normalized spacial score (nSPS) is 11.3. The highest BCUT2D eigenvalue weighted by molar-refractivity contribution is 5.69. The van der Waals surface area contributed by atoms with Crippen molar-refractivity contribution >= 4 is 5.69 Å². The summed E-state index contributed by atoms with van der Waals surface area (Å²) in [7, 11) is 0. The first-order valence-electron chi connectivity index (χ1n) is 9.01. The van der Waals surface area contributed by atoms with Crippen LogP contribution in [0.2, 0.25) is 0 Å². The summed E-state index contributed by atoms with van der Waals surface area (Å²) < 4.78 is 48.0. The molecule has 0 heterocycles. The monoisotopic (exact) mass is 397 g/mol. The quantitative estimate of drug-likeness (QED) is 0.259. The van der Waals surface area contributed by atoms with Crippen LogP contribution in [0.15, 0.2) is 42.5 Å². The first-order chi connectivity index (χ1) is 13.4. The van der Waals surface area contributed by atoms with E-state index in [1.54, 1.807) is 12.1 Å². The summed E-state index contributed by atoms with van der Waals surface area (Å²) in [6, 6.07) is 10.0. The van der Waals surface area contributed by atoms with Gasteiger partial charge in [-0.15, -0.1) is 0 Å². The van der Waals surface area contributed by atoms with Crippen molar-refractivity contribution in [3.8, 4) is 22.6 Å². The minimum Gasteiger partial charge on any atom is -0.487 e. The van der Waals surface area contributed by atoms with Crippen molar-refractivity contribution in [2.45, 2.75) is 38.7 Å². The molecule has 0 aliphatic rings. The highest BCUT2D eigenvalue weighted by Gasteiger charge is 2.31. The largest absolute Gasteiger partial charge is 0.487 e. The van der Waals surface area contributed by atoms with Gasteiger partial charge >= 0.3 is 11.8 Å². The van der Waals surface area contributed by atoms with E-state index in [0.717, 1.165) is 25.7 Å². The van der Waals surface area contributed by atoms with Crippen LogP contribution in [-0.4, -0.2) is 24.3 Å².